The zero-order chi connectivity index (χ0) is 16.0. The van der Waals surface area contributed by atoms with E-state index >= 15 is 0 Å². The fourth-order valence-electron chi connectivity index (χ4n) is 1.42. The Morgan fingerprint density at radius 1 is 1.09 bits per heavy atom. The molecule has 4 nitrogen and oxygen atoms in total. The summed E-state index contributed by atoms with van der Waals surface area (Å²) in [5, 5.41) is 0. The standard InChI is InChI=1S/C18H18O4/c1-3-18(19)22-12-8-7-11-20-13-16(2)14-21-15-17-9-5-4-6-10-17/h1,4-6,9-10H,2,11-15H2. The van der Waals surface area contributed by atoms with Gasteiger partial charge in [0, 0.05) is 5.92 Å². The molecule has 0 aliphatic rings. The molecule has 0 aromatic heterocycles. The van der Waals surface area contributed by atoms with E-state index in [1.807, 2.05) is 36.3 Å². The van der Waals surface area contributed by atoms with E-state index in [0.717, 1.165) is 11.1 Å². The molecule has 0 heterocycles. The molecule has 0 bridgehead atoms. The van der Waals surface area contributed by atoms with E-state index < -0.39 is 5.97 Å². The number of ether oxygens (including phenoxy) is 3. The van der Waals surface area contributed by atoms with Crippen LogP contribution in [0.25, 0.3) is 0 Å². The summed E-state index contributed by atoms with van der Waals surface area (Å²) in [5.74, 6) is 6.42. The quantitative estimate of drug-likeness (QED) is 0.242. The molecule has 1 aromatic carbocycles. The van der Waals surface area contributed by atoms with Gasteiger partial charge >= 0.3 is 5.97 Å². The maximum atomic E-state index is 10.6. The Kier molecular flexibility index (Phi) is 8.89. The van der Waals surface area contributed by atoms with Gasteiger partial charge < -0.3 is 14.2 Å². The Morgan fingerprint density at radius 2 is 1.77 bits per heavy atom. The highest BCUT2D eigenvalue weighted by Gasteiger charge is 1.96. The zero-order valence-corrected chi connectivity index (χ0v) is 12.3. The first-order chi connectivity index (χ1) is 10.7. The van der Waals surface area contributed by atoms with Crippen LogP contribution >= 0.6 is 0 Å². The second-order valence-electron chi connectivity index (χ2n) is 4.30. The molecule has 1 aromatic rings. The summed E-state index contributed by atoms with van der Waals surface area (Å²) in [6, 6.07) is 9.90. The lowest BCUT2D eigenvalue weighted by Crippen LogP contribution is -2.05. The normalized spacial score (nSPS) is 9.23. The fourth-order valence-corrected chi connectivity index (χ4v) is 1.42. The average Bonchev–Trinajstić information content (AvgIpc) is 2.54. The maximum absolute atomic E-state index is 10.6. The van der Waals surface area contributed by atoms with Crippen LogP contribution in [0.4, 0.5) is 0 Å². The summed E-state index contributed by atoms with van der Waals surface area (Å²) in [4.78, 5) is 10.6. The molecule has 0 fully saturated rings. The van der Waals surface area contributed by atoms with Gasteiger partial charge in [0.25, 0.3) is 0 Å². The zero-order valence-electron chi connectivity index (χ0n) is 12.3. The third-order valence-corrected chi connectivity index (χ3v) is 2.42. The summed E-state index contributed by atoms with van der Waals surface area (Å²) in [7, 11) is 0. The molecule has 0 saturated heterocycles. The molecule has 1 rings (SSSR count). The molecular formula is C18H18O4. The molecule has 114 valence electrons. The Balaban J connectivity index is 2.03. The van der Waals surface area contributed by atoms with E-state index in [2.05, 4.69) is 23.2 Å². The minimum absolute atomic E-state index is 0.0342. The van der Waals surface area contributed by atoms with Gasteiger partial charge in [-0.1, -0.05) is 48.8 Å². The first-order valence-electron chi connectivity index (χ1n) is 6.67. The van der Waals surface area contributed by atoms with E-state index in [9.17, 15) is 4.79 Å². The van der Waals surface area contributed by atoms with Crippen LogP contribution in [0.2, 0.25) is 0 Å². The van der Waals surface area contributed by atoms with Crippen molar-refractivity contribution in [1.29, 1.82) is 0 Å². The van der Waals surface area contributed by atoms with Crippen LogP contribution in [0.5, 0.6) is 0 Å². The number of carbonyl (C=O) groups is 1. The molecule has 0 spiro atoms. The summed E-state index contributed by atoms with van der Waals surface area (Å²) in [5.41, 5.74) is 1.94. The molecule has 0 aliphatic carbocycles. The highest BCUT2D eigenvalue weighted by molar-refractivity contribution is 5.87. The molecule has 0 amide bonds. The SMILES string of the molecule is C#CC(=O)OCC#CCOCC(=C)COCc1ccccc1. The van der Waals surface area contributed by atoms with Crippen molar-refractivity contribution in [3.63, 3.8) is 0 Å². The van der Waals surface area contributed by atoms with Crippen LogP contribution in [0.3, 0.4) is 0 Å². The topological polar surface area (TPSA) is 44.8 Å². The van der Waals surface area contributed by atoms with E-state index in [1.54, 1.807) is 0 Å². The van der Waals surface area contributed by atoms with Gasteiger partial charge in [0.2, 0.25) is 0 Å². The van der Waals surface area contributed by atoms with E-state index in [0.29, 0.717) is 19.8 Å². The van der Waals surface area contributed by atoms with Crippen molar-refractivity contribution < 1.29 is 19.0 Å². The third-order valence-electron chi connectivity index (χ3n) is 2.42. The average molecular weight is 298 g/mol. The van der Waals surface area contributed by atoms with E-state index in [-0.39, 0.29) is 13.2 Å². The number of terminal acetylenes is 1. The second-order valence-corrected chi connectivity index (χ2v) is 4.30. The van der Waals surface area contributed by atoms with Crippen LogP contribution in [-0.4, -0.2) is 32.4 Å². The molecule has 0 aliphatic heterocycles. The predicted octanol–water partition coefficient (Wildman–Crippen LogP) is 1.96. The fraction of sp³-hybridized carbons (Fsp3) is 0.278. The highest BCUT2D eigenvalue weighted by Crippen LogP contribution is 2.02. The lowest BCUT2D eigenvalue weighted by Gasteiger charge is -2.07. The summed E-state index contributed by atoms with van der Waals surface area (Å²) in [6.07, 6.45) is 4.83. The third kappa shape index (κ3) is 8.60. The molecule has 4 heteroatoms. The largest absolute Gasteiger partial charge is 0.443 e. The number of rotatable bonds is 8. The van der Waals surface area contributed by atoms with Crippen molar-refractivity contribution in [3.8, 4) is 24.2 Å². The predicted molar refractivity (Wildman–Crippen MR) is 83.6 cm³/mol. The van der Waals surface area contributed by atoms with E-state index in [4.69, 9.17) is 15.9 Å². The lowest BCUT2D eigenvalue weighted by atomic mass is 10.2. The Morgan fingerprint density at radius 3 is 2.50 bits per heavy atom. The van der Waals surface area contributed by atoms with Crippen LogP contribution < -0.4 is 0 Å². The highest BCUT2D eigenvalue weighted by atomic mass is 16.5. The Hall–Kier alpha value is -2.53. The molecule has 0 saturated carbocycles. The monoisotopic (exact) mass is 298 g/mol. The van der Waals surface area contributed by atoms with Crippen molar-refractivity contribution in [3.05, 3.63) is 48.0 Å². The van der Waals surface area contributed by atoms with Gasteiger partial charge in [-0.15, -0.1) is 6.42 Å². The van der Waals surface area contributed by atoms with Crippen molar-refractivity contribution >= 4 is 5.97 Å². The number of hydrogen-bond acceptors (Lipinski definition) is 4. The Labute approximate surface area is 131 Å². The van der Waals surface area contributed by atoms with Gasteiger partial charge in [-0.3, -0.25) is 0 Å². The minimum atomic E-state index is -0.723. The van der Waals surface area contributed by atoms with Gasteiger partial charge in [0.05, 0.1) is 19.8 Å². The van der Waals surface area contributed by atoms with Crippen LogP contribution in [-0.2, 0) is 25.6 Å². The number of esters is 1. The number of hydrogen-bond donors (Lipinski definition) is 0. The van der Waals surface area contributed by atoms with Crippen molar-refractivity contribution in [2.24, 2.45) is 0 Å². The van der Waals surface area contributed by atoms with Gasteiger partial charge in [-0.2, -0.15) is 0 Å². The summed E-state index contributed by atoms with van der Waals surface area (Å²) < 4.78 is 15.4. The first kappa shape index (κ1) is 17.5. The molecule has 22 heavy (non-hydrogen) atoms. The van der Waals surface area contributed by atoms with Crippen LogP contribution in [0, 0.1) is 24.2 Å². The smallest absolute Gasteiger partial charge is 0.385 e. The first-order valence-corrected chi connectivity index (χ1v) is 6.67. The summed E-state index contributed by atoms with van der Waals surface area (Å²) in [6.45, 7) is 5.40. The molecule has 0 N–H and O–H groups in total. The molecule has 0 unspecified atom stereocenters. The minimum Gasteiger partial charge on any atom is -0.443 e. The van der Waals surface area contributed by atoms with Gasteiger partial charge in [-0.05, 0) is 11.1 Å². The van der Waals surface area contributed by atoms with Crippen molar-refractivity contribution in [1.82, 2.24) is 0 Å². The number of carbonyl (C=O) groups excluding carboxylic acids is 1. The van der Waals surface area contributed by atoms with Gasteiger partial charge in [0.1, 0.15) is 6.61 Å². The maximum Gasteiger partial charge on any atom is 0.385 e. The van der Waals surface area contributed by atoms with Gasteiger partial charge in [0.15, 0.2) is 6.61 Å². The summed E-state index contributed by atoms with van der Waals surface area (Å²) >= 11 is 0. The molecule has 0 radical (unpaired) electrons. The molecule has 0 atom stereocenters. The van der Waals surface area contributed by atoms with Crippen LogP contribution in [0.1, 0.15) is 5.56 Å². The number of benzene rings is 1. The lowest BCUT2D eigenvalue weighted by molar-refractivity contribution is -0.135. The second kappa shape index (κ2) is 11.2. The Bertz CT molecular complexity index is 573. The van der Waals surface area contributed by atoms with Crippen molar-refractivity contribution in [2.75, 3.05) is 26.4 Å². The van der Waals surface area contributed by atoms with E-state index in [1.165, 1.54) is 0 Å². The van der Waals surface area contributed by atoms with Crippen molar-refractivity contribution in [2.45, 2.75) is 6.61 Å². The van der Waals surface area contributed by atoms with Gasteiger partial charge in [-0.25, -0.2) is 4.79 Å². The molecular weight excluding hydrogens is 280 g/mol. The van der Waals surface area contributed by atoms with Crippen LogP contribution in [0.15, 0.2) is 42.5 Å².